The number of carbonyl (C=O) groups is 4. The van der Waals surface area contributed by atoms with Gasteiger partial charge in [-0.1, -0.05) is 5.16 Å². The molecule has 0 aliphatic carbocycles. The Bertz CT molecular complexity index is 694. The fraction of sp³-hybridized carbons (Fsp3) is 0.462. The minimum atomic E-state index is -4.62. The summed E-state index contributed by atoms with van der Waals surface area (Å²) in [5.41, 5.74) is 0. The van der Waals surface area contributed by atoms with Crippen LogP contribution in [0.3, 0.4) is 0 Å². The van der Waals surface area contributed by atoms with Gasteiger partial charge in [-0.25, -0.2) is 4.79 Å². The normalized spacial score (nSPS) is 10.8. The minimum Gasteiger partial charge on any atom is -0.455 e. The van der Waals surface area contributed by atoms with Gasteiger partial charge in [-0.3, -0.25) is 19.7 Å². The molecule has 150 valence electrons. The summed E-state index contributed by atoms with van der Waals surface area (Å²) in [5.74, 6) is -2.04. The van der Waals surface area contributed by atoms with Gasteiger partial charge in [0.1, 0.15) is 12.3 Å². The number of aryl methyl sites for hydroxylation is 1. The van der Waals surface area contributed by atoms with Gasteiger partial charge in [0, 0.05) is 6.07 Å². The van der Waals surface area contributed by atoms with E-state index in [0.29, 0.717) is 5.76 Å². The second-order valence-electron chi connectivity index (χ2n) is 4.87. The number of hydrogen-bond donors (Lipinski definition) is 3. The number of ether oxygens (including phenoxy) is 1. The molecule has 1 aromatic rings. The van der Waals surface area contributed by atoms with E-state index in [4.69, 9.17) is 4.52 Å². The van der Waals surface area contributed by atoms with E-state index < -0.39 is 43.1 Å². The maximum Gasteiger partial charge on any atom is 0.405 e. The van der Waals surface area contributed by atoms with Crippen molar-refractivity contribution < 1.29 is 41.6 Å². The lowest BCUT2D eigenvalue weighted by Gasteiger charge is -2.09. The van der Waals surface area contributed by atoms with Crippen molar-refractivity contribution in [3.63, 3.8) is 0 Å². The maximum absolute atomic E-state index is 11.9. The van der Waals surface area contributed by atoms with Gasteiger partial charge in [0.15, 0.2) is 12.4 Å². The first-order valence-electron chi connectivity index (χ1n) is 7.16. The summed E-state index contributed by atoms with van der Waals surface area (Å²) in [6, 6.07) is 0.128. The van der Waals surface area contributed by atoms with Crippen LogP contribution in [-0.4, -0.2) is 59.8 Å². The average Bonchev–Trinajstić information content (AvgIpc) is 2.95. The summed E-state index contributed by atoms with van der Waals surface area (Å²) in [6.07, 6.45) is -4.62. The molecule has 3 N–H and O–H groups in total. The number of carbonyl (C=O) groups excluding carboxylic acids is 4. The first kappa shape index (κ1) is 22.3. The molecule has 4 amide bonds. The largest absolute Gasteiger partial charge is 0.455 e. The van der Waals surface area contributed by atoms with Gasteiger partial charge in [0.25, 0.3) is 5.91 Å². The van der Waals surface area contributed by atoms with Crippen LogP contribution >= 0.6 is 11.8 Å². The van der Waals surface area contributed by atoms with Crippen LogP contribution in [0.2, 0.25) is 0 Å². The predicted octanol–water partition coefficient (Wildman–Crippen LogP) is 0.586. The van der Waals surface area contributed by atoms with Gasteiger partial charge in [0.05, 0.1) is 11.5 Å². The molecule has 27 heavy (non-hydrogen) atoms. The second kappa shape index (κ2) is 10.4. The number of esters is 1. The lowest BCUT2D eigenvalue weighted by Crippen LogP contribution is -2.44. The smallest absolute Gasteiger partial charge is 0.405 e. The van der Waals surface area contributed by atoms with E-state index in [2.05, 4.69) is 15.2 Å². The Morgan fingerprint density at radius 1 is 1.22 bits per heavy atom. The van der Waals surface area contributed by atoms with Gasteiger partial charge in [-0.2, -0.15) is 13.2 Å². The molecule has 0 saturated heterocycles. The van der Waals surface area contributed by atoms with Gasteiger partial charge >= 0.3 is 18.2 Å². The Hall–Kier alpha value is -2.77. The quantitative estimate of drug-likeness (QED) is 0.527. The predicted molar refractivity (Wildman–Crippen MR) is 85.8 cm³/mol. The van der Waals surface area contributed by atoms with E-state index in [0.717, 1.165) is 11.8 Å². The SMILES string of the molecule is Cc1cc(NC(=O)CSCC(=O)OCC(=O)NC(=O)NCC(F)(F)F)no1. The minimum absolute atomic E-state index is 0.104. The first-order valence-corrected chi connectivity index (χ1v) is 8.31. The number of nitrogens with one attached hydrogen (secondary N) is 3. The number of hydrogen-bond acceptors (Lipinski definition) is 8. The molecule has 0 spiro atoms. The molecule has 0 atom stereocenters. The lowest BCUT2D eigenvalue weighted by molar-refractivity contribution is -0.145. The number of rotatable bonds is 8. The number of urea groups is 1. The van der Waals surface area contributed by atoms with Crippen molar-refractivity contribution in [3.8, 4) is 0 Å². The van der Waals surface area contributed by atoms with Gasteiger partial charge in [-0.15, -0.1) is 11.8 Å². The highest BCUT2D eigenvalue weighted by molar-refractivity contribution is 8.00. The third-order valence-corrected chi connectivity index (χ3v) is 3.32. The molecular weight excluding hydrogens is 397 g/mol. The molecule has 0 aliphatic rings. The molecule has 1 heterocycles. The van der Waals surface area contributed by atoms with Gasteiger partial charge in [0.2, 0.25) is 5.91 Å². The van der Waals surface area contributed by atoms with Gasteiger partial charge < -0.3 is 19.9 Å². The highest BCUT2D eigenvalue weighted by Crippen LogP contribution is 2.12. The molecule has 0 aliphatic heterocycles. The van der Waals surface area contributed by atoms with E-state index in [1.54, 1.807) is 12.2 Å². The van der Waals surface area contributed by atoms with Crippen molar-refractivity contribution in [2.45, 2.75) is 13.1 Å². The van der Waals surface area contributed by atoms with Crippen LogP contribution in [-0.2, 0) is 19.1 Å². The Kier molecular flexibility index (Phi) is 8.58. The molecule has 0 bridgehead atoms. The molecule has 0 fully saturated rings. The first-order chi connectivity index (χ1) is 12.5. The third-order valence-electron chi connectivity index (χ3n) is 2.42. The molecule has 0 aromatic carbocycles. The van der Waals surface area contributed by atoms with Crippen molar-refractivity contribution in [3.05, 3.63) is 11.8 Å². The number of anilines is 1. The zero-order valence-electron chi connectivity index (χ0n) is 13.8. The zero-order chi connectivity index (χ0) is 20.4. The highest BCUT2D eigenvalue weighted by Gasteiger charge is 2.28. The van der Waals surface area contributed by atoms with Crippen LogP contribution < -0.4 is 16.0 Å². The summed E-state index contributed by atoms with van der Waals surface area (Å²) in [5, 5.41) is 8.95. The molecule has 1 rings (SSSR count). The van der Waals surface area contributed by atoms with Crippen molar-refractivity contribution in [2.75, 3.05) is 30.0 Å². The third kappa shape index (κ3) is 10.7. The van der Waals surface area contributed by atoms with Crippen LogP contribution in [0.25, 0.3) is 0 Å². The van der Waals surface area contributed by atoms with Crippen LogP contribution in [0.4, 0.5) is 23.8 Å². The summed E-state index contributed by atoms with van der Waals surface area (Å²) >= 11 is 0.891. The van der Waals surface area contributed by atoms with Crippen LogP contribution in [0, 0.1) is 6.92 Å². The van der Waals surface area contributed by atoms with Crippen molar-refractivity contribution in [2.24, 2.45) is 0 Å². The summed E-state index contributed by atoms with van der Waals surface area (Å²) < 4.78 is 44.9. The van der Waals surface area contributed by atoms with Crippen molar-refractivity contribution in [1.82, 2.24) is 15.8 Å². The van der Waals surface area contributed by atoms with Crippen molar-refractivity contribution >= 4 is 41.4 Å². The fourth-order valence-corrected chi connectivity index (χ4v) is 2.02. The Balaban J connectivity index is 2.14. The Labute approximate surface area is 154 Å². The van der Waals surface area contributed by atoms with E-state index in [1.807, 2.05) is 0 Å². The topological polar surface area (TPSA) is 140 Å². The molecule has 0 radical (unpaired) electrons. The summed E-state index contributed by atoms with van der Waals surface area (Å²) in [6.45, 7) is -0.828. The summed E-state index contributed by atoms with van der Waals surface area (Å²) in [7, 11) is 0. The van der Waals surface area contributed by atoms with Crippen LogP contribution in [0.5, 0.6) is 0 Å². The standard InChI is InChI=1S/C13H15F3N4O6S/c1-7-2-8(20-26-7)18-10(22)4-27-5-11(23)25-3-9(21)19-12(24)17-6-13(14,15)16/h2H,3-6H2,1H3,(H,18,20,22)(H2,17,19,21,24). The number of thioether (sulfide) groups is 1. The molecule has 0 unspecified atom stereocenters. The highest BCUT2D eigenvalue weighted by atomic mass is 32.2. The molecule has 14 heteroatoms. The number of alkyl halides is 3. The maximum atomic E-state index is 11.9. The van der Waals surface area contributed by atoms with E-state index >= 15 is 0 Å². The summed E-state index contributed by atoms with van der Waals surface area (Å²) in [4.78, 5) is 45.2. The van der Waals surface area contributed by atoms with E-state index in [-0.39, 0.29) is 17.3 Å². The molecular formula is C13H15F3N4O6S. The molecule has 0 saturated carbocycles. The zero-order valence-corrected chi connectivity index (χ0v) is 14.7. The number of amides is 4. The monoisotopic (exact) mass is 412 g/mol. The number of halogens is 3. The molecule has 10 nitrogen and oxygen atoms in total. The lowest BCUT2D eigenvalue weighted by atomic mass is 10.5. The Morgan fingerprint density at radius 2 is 1.93 bits per heavy atom. The number of nitrogens with zero attached hydrogens (tertiary/aromatic N) is 1. The average molecular weight is 412 g/mol. The van der Waals surface area contributed by atoms with E-state index in [9.17, 15) is 32.3 Å². The molecule has 1 aromatic heterocycles. The Morgan fingerprint density at radius 3 is 2.52 bits per heavy atom. The van der Waals surface area contributed by atoms with Gasteiger partial charge in [-0.05, 0) is 6.92 Å². The number of imide groups is 1. The van der Waals surface area contributed by atoms with Crippen LogP contribution in [0.15, 0.2) is 10.6 Å². The van der Waals surface area contributed by atoms with Crippen LogP contribution in [0.1, 0.15) is 5.76 Å². The van der Waals surface area contributed by atoms with E-state index in [1.165, 1.54) is 11.4 Å². The van der Waals surface area contributed by atoms with Crippen molar-refractivity contribution in [1.29, 1.82) is 0 Å². The fourth-order valence-electron chi connectivity index (χ4n) is 1.41. The second-order valence-corrected chi connectivity index (χ2v) is 5.86. The number of aromatic nitrogens is 1.